The van der Waals surface area contributed by atoms with E-state index >= 15 is 0 Å². The molecule has 1 aromatic carbocycles. The molecule has 0 aromatic heterocycles. The van der Waals surface area contributed by atoms with Gasteiger partial charge in [0.05, 0.1) is 18.2 Å². The van der Waals surface area contributed by atoms with Crippen LogP contribution < -0.4 is 4.74 Å². The van der Waals surface area contributed by atoms with E-state index < -0.39 is 0 Å². The molecular weight excluding hydrogens is 188 g/mol. The van der Waals surface area contributed by atoms with E-state index in [1.54, 1.807) is 20.1 Å². The molecule has 13 heavy (non-hydrogen) atoms. The van der Waals surface area contributed by atoms with Crippen molar-refractivity contribution < 1.29 is 9.84 Å². The lowest BCUT2D eigenvalue weighted by atomic mass is 10.1. The minimum absolute atomic E-state index is 0.342. The van der Waals surface area contributed by atoms with Gasteiger partial charge in [0.25, 0.3) is 0 Å². The number of halogens is 1. The van der Waals surface area contributed by atoms with Crippen LogP contribution in [0.4, 0.5) is 0 Å². The number of aliphatic hydroxyl groups excluding tert-OH is 1. The third-order valence-corrected chi connectivity index (χ3v) is 2.06. The third kappa shape index (κ3) is 2.90. The van der Waals surface area contributed by atoms with Gasteiger partial charge in [0.2, 0.25) is 0 Å². The van der Waals surface area contributed by atoms with Crippen molar-refractivity contribution in [3.05, 3.63) is 28.8 Å². The summed E-state index contributed by atoms with van der Waals surface area (Å²) in [5.74, 6) is 0.653. The topological polar surface area (TPSA) is 29.5 Å². The first-order valence-corrected chi connectivity index (χ1v) is 4.51. The molecule has 0 amide bonds. The predicted octanol–water partition coefficient (Wildman–Crippen LogP) is 2.27. The van der Waals surface area contributed by atoms with Gasteiger partial charge in [-0.2, -0.15) is 0 Å². The molecule has 1 rings (SSSR count). The van der Waals surface area contributed by atoms with Crippen LogP contribution in [-0.4, -0.2) is 18.3 Å². The number of hydrogen-bond acceptors (Lipinski definition) is 2. The molecule has 3 heteroatoms. The van der Waals surface area contributed by atoms with Crippen LogP contribution in [0.15, 0.2) is 18.2 Å². The van der Waals surface area contributed by atoms with Gasteiger partial charge in [-0.1, -0.05) is 17.7 Å². The Balaban J connectivity index is 2.86. The smallest absolute Gasteiger partial charge is 0.137 e. The summed E-state index contributed by atoms with van der Waals surface area (Å²) in [5, 5.41) is 9.76. The van der Waals surface area contributed by atoms with Crippen LogP contribution in [0, 0.1) is 0 Å². The van der Waals surface area contributed by atoms with Gasteiger partial charge < -0.3 is 9.84 Å². The summed E-state index contributed by atoms with van der Waals surface area (Å²) in [6, 6.07) is 5.50. The minimum Gasteiger partial charge on any atom is -0.495 e. The van der Waals surface area contributed by atoms with Crippen molar-refractivity contribution >= 4 is 11.6 Å². The molecule has 1 unspecified atom stereocenters. The summed E-state index contributed by atoms with van der Waals surface area (Å²) in [7, 11) is 1.58. The van der Waals surface area contributed by atoms with Crippen molar-refractivity contribution in [2.45, 2.75) is 19.4 Å². The Bertz CT molecular complexity index is 284. The zero-order chi connectivity index (χ0) is 9.84. The van der Waals surface area contributed by atoms with Crippen LogP contribution in [0.5, 0.6) is 5.75 Å². The highest BCUT2D eigenvalue weighted by atomic mass is 35.5. The lowest BCUT2D eigenvalue weighted by Gasteiger charge is -2.07. The van der Waals surface area contributed by atoms with Gasteiger partial charge in [0, 0.05) is 0 Å². The molecule has 1 aromatic rings. The summed E-state index contributed by atoms with van der Waals surface area (Å²) in [4.78, 5) is 0. The molecule has 0 aliphatic rings. The first kappa shape index (κ1) is 10.4. The monoisotopic (exact) mass is 200 g/mol. The highest BCUT2D eigenvalue weighted by Gasteiger charge is 2.03. The Hall–Kier alpha value is -0.730. The summed E-state index contributed by atoms with van der Waals surface area (Å²) < 4.78 is 5.05. The van der Waals surface area contributed by atoms with Gasteiger partial charge in [0.15, 0.2) is 0 Å². The van der Waals surface area contributed by atoms with Crippen LogP contribution in [0.2, 0.25) is 5.02 Å². The average Bonchev–Trinajstić information content (AvgIpc) is 2.07. The van der Waals surface area contributed by atoms with Crippen LogP contribution in [-0.2, 0) is 6.42 Å². The van der Waals surface area contributed by atoms with Gasteiger partial charge in [-0.3, -0.25) is 0 Å². The zero-order valence-electron chi connectivity index (χ0n) is 7.75. The summed E-state index contributed by atoms with van der Waals surface area (Å²) >= 11 is 5.85. The van der Waals surface area contributed by atoms with E-state index in [1.807, 2.05) is 12.1 Å². The van der Waals surface area contributed by atoms with Crippen LogP contribution in [0.3, 0.4) is 0 Å². The van der Waals surface area contributed by atoms with Crippen molar-refractivity contribution in [1.29, 1.82) is 0 Å². The number of aliphatic hydroxyl groups is 1. The van der Waals surface area contributed by atoms with Crippen LogP contribution in [0.1, 0.15) is 12.5 Å². The van der Waals surface area contributed by atoms with Crippen LogP contribution >= 0.6 is 11.6 Å². The van der Waals surface area contributed by atoms with Gasteiger partial charge in [-0.15, -0.1) is 0 Å². The van der Waals surface area contributed by atoms with Crippen molar-refractivity contribution in [3.63, 3.8) is 0 Å². The fourth-order valence-electron chi connectivity index (χ4n) is 1.17. The average molecular weight is 201 g/mol. The quantitative estimate of drug-likeness (QED) is 0.811. The molecule has 0 radical (unpaired) electrons. The second kappa shape index (κ2) is 4.49. The summed E-state index contributed by atoms with van der Waals surface area (Å²) in [6.45, 7) is 1.75. The molecule has 0 heterocycles. The number of benzene rings is 1. The lowest BCUT2D eigenvalue weighted by molar-refractivity contribution is 0.195. The fraction of sp³-hybridized carbons (Fsp3) is 0.400. The molecule has 0 aliphatic heterocycles. The highest BCUT2D eigenvalue weighted by Crippen LogP contribution is 2.25. The molecule has 0 fully saturated rings. The van der Waals surface area contributed by atoms with E-state index in [0.717, 1.165) is 5.56 Å². The maximum Gasteiger partial charge on any atom is 0.137 e. The standard InChI is InChI=1S/C10H13ClO2/c1-7(12)5-8-3-4-9(11)10(6-8)13-2/h3-4,6-7,12H,5H2,1-2H3. The molecule has 0 spiro atoms. The maximum absolute atomic E-state index is 9.16. The first-order chi connectivity index (χ1) is 6.13. The molecule has 0 saturated carbocycles. The van der Waals surface area contributed by atoms with Crippen molar-refractivity contribution in [2.75, 3.05) is 7.11 Å². The number of methoxy groups -OCH3 is 1. The van der Waals surface area contributed by atoms with Crippen LogP contribution in [0.25, 0.3) is 0 Å². The molecule has 0 aliphatic carbocycles. The SMILES string of the molecule is COc1cc(CC(C)O)ccc1Cl. The maximum atomic E-state index is 9.16. The van der Waals surface area contributed by atoms with E-state index in [1.165, 1.54) is 0 Å². The van der Waals surface area contributed by atoms with Crippen molar-refractivity contribution in [3.8, 4) is 5.75 Å². The molecular formula is C10H13ClO2. The number of hydrogen-bond donors (Lipinski definition) is 1. The molecule has 2 nitrogen and oxygen atoms in total. The van der Waals surface area contributed by atoms with Crippen molar-refractivity contribution in [1.82, 2.24) is 0 Å². The molecule has 1 atom stereocenters. The number of rotatable bonds is 3. The Morgan fingerprint density at radius 2 is 2.23 bits per heavy atom. The van der Waals surface area contributed by atoms with E-state index in [4.69, 9.17) is 21.4 Å². The largest absolute Gasteiger partial charge is 0.495 e. The van der Waals surface area contributed by atoms with Gasteiger partial charge >= 0.3 is 0 Å². The van der Waals surface area contributed by atoms with E-state index in [9.17, 15) is 0 Å². The molecule has 0 bridgehead atoms. The normalized spacial score (nSPS) is 12.6. The predicted molar refractivity (Wildman–Crippen MR) is 53.4 cm³/mol. The Kier molecular flexibility index (Phi) is 3.58. The van der Waals surface area contributed by atoms with E-state index in [2.05, 4.69) is 0 Å². The Morgan fingerprint density at radius 1 is 1.54 bits per heavy atom. The number of ether oxygens (including phenoxy) is 1. The zero-order valence-corrected chi connectivity index (χ0v) is 8.51. The van der Waals surface area contributed by atoms with Gasteiger partial charge in [0.1, 0.15) is 5.75 Å². The fourth-order valence-corrected chi connectivity index (χ4v) is 1.37. The Labute approximate surface area is 83.1 Å². The van der Waals surface area contributed by atoms with Gasteiger partial charge in [-0.05, 0) is 31.0 Å². The highest BCUT2D eigenvalue weighted by molar-refractivity contribution is 6.32. The van der Waals surface area contributed by atoms with E-state index in [0.29, 0.717) is 17.2 Å². The molecule has 1 N–H and O–H groups in total. The Morgan fingerprint density at radius 3 is 2.77 bits per heavy atom. The van der Waals surface area contributed by atoms with Gasteiger partial charge in [-0.25, -0.2) is 0 Å². The lowest BCUT2D eigenvalue weighted by Crippen LogP contribution is -2.04. The third-order valence-electron chi connectivity index (χ3n) is 1.75. The van der Waals surface area contributed by atoms with Crippen molar-refractivity contribution in [2.24, 2.45) is 0 Å². The summed E-state index contributed by atoms with van der Waals surface area (Å²) in [5.41, 5.74) is 1.02. The van der Waals surface area contributed by atoms with E-state index in [-0.39, 0.29) is 6.10 Å². The molecule has 0 saturated heterocycles. The second-order valence-corrected chi connectivity index (χ2v) is 3.43. The summed E-state index contributed by atoms with van der Waals surface area (Å²) in [6.07, 6.45) is 0.277. The second-order valence-electron chi connectivity index (χ2n) is 3.02. The first-order valence-electron chi connectivity index (χ1n) is 4.14. The molecule has 72 valence electrons. The minimum atomic E-state index is -0.342.